The van der Waals surface area contributed by atoms with Crippen LogP contribution in [0, 0.1) is 11.3 Å². The molecule has 2 N–H and O–H groups in total. The summed E-state index contributed by atoms with van der Waals surface area (Å²) in [7, 11) is 0. The highest BCUT2D eigenvalue weighted by atomic mass is 35.5. The van der Waals surface area contributed by atoms with Crippen LogP contribution in [-0.2, 0) is 9.59 Å². The molecule has 1 aromatic carbocycles. The van der Waals surface area contributed by atoms with Crippen LogP contribution in [0.25, 0.3) is 0 Å². The molecule has 0 radical (unpaired) electrons. The first-order valence-corrected chi connectivity index (χ1v) is 7.29. The summed E-state index contributed by atoms with van der Waals surface area (Å²) < 4.78 is 0. The van der Waals surface area contributed by atoms with E-state index in [-0.39, 0.29) is 24.3 Å². The number of rotatable bonds is 6. The molecule has 21 heavy (non-hydrogen) atoms. The van der Waals surface area contributed by atoms with E-state index in [0.29, 0.717) is 5.02 Å². The predicted octanol–water partition coefficient (Wildman–Crippen LogP) is 3.31. The van der Waals surface area contributed by atoms with Crippen molar-refractivity contribution in [3.63, 3.8) is 0 Å². The fourth-order valence-electron chi connectivity index (χ4n) is 2.00. The Balaban J connectivity index is 2.84. The number of benzene rings is 1. The average Bonchev–Trinajstić information content (AvgIpc) is 2.38. The molecule has 4 nitrogen and oxygen atoms in total. The third-order valence-electron chi connectivity index (χ3n) is 3.46. The van der Waals surface area contributed by atoms with Gasteiger partial charge in [-0.2, -0.15) is 0 Å². The molecule has 0 aliphatic rings. The maximum absolute atomic E-state index is 12.4. The minimum atomic E-state index is -0.989. The van der Waals surface area contributed by atoms with E-state index in [1.807, 2.05) is 26.0 Å². The fourth-order valence-corrected chi connectivity index (χ4v) is 2.13. The molecule has 0 bridgehead atoms. The standard InChI is InChI=1S/C16H22ClNO3/c1-10(2)13(11-5-7-12(17)8-6-11)14(19)18-9-16(3,4)15(20)21/h5-8,10,13H,9H2,1-4H3,(H,18,19)(H,20,21). The molecular weight excluding hydrogens is 290 g/mol. The van der Waals surface area contributed by atoms with Crippen molar-refractivity contribution in [3.8, 4) is 0 Å². The SMILES string of the molecule is CC(C)C(C(=O)NCC(C)(C)C(=O)O)c1ccc(Cl)cc1. The number of hydrogen-bond acceptors (Lipinski definition) is 2. The monoisotopic (exact) mass is 311 g/mol. The van der Waals surface area contributed by atoms with Gasteiger partial charge in [-0.05, 0) is 37.5 Å². The number of hydrogen-bond donors (Lipinski definition) is 2. The third kappa shape index (κ3) is 4.74. The topological polar surface area (TPSA) is 66.4 Å². The molecule has 1 aromatic rings. The van der Waals surface area contributed by atoms with Crippen LogP contribution >= 0.6 is 11.6 Å². The van der Waals surface area contributed by atoms with E-state index in [1.165, 1.54) is 0 Å². The fraction of sp³-hybridized carbons (Fsp3) is 0.500. The molecule has 0 aliphatic heterocycles. The second-order valence-electron chi connectivity index (χ2n) is 6.18. The predicted molar refractivity (Wildman–Crippen MR) is 83.5 cm³/mol. The van der Waals surface area contributed by atoms with Crippen molar-refractivity contribution in [2.75, 3.05) is 6.54 Å². The highest BCUT2D eigenvalue weighted by Crippen LogP contribution is 2.26. The highest BCUT2D eigenvalue weighted by Gasteiger charge is 2.30. The van der Waals surface area contributed by atoms with Crippen molar-refractivity contribution >= 4 is 23.5 Å². The van der Waals surface area contributed by atoms with Gasteiger partial charge in [0.2, 0.25) is 5.91 Å². The molecule has 0 saturated carbocycles. The Bertz CT molecular complexity index is 509. The van der Waals surface area contributed by atoms with Gasteiger partial charge in [0.15, 0.2) is 0 Å². The number of aliphatic carboxylic acids is 1. The summed E-state index contributed by atoms with van der Waals surface area (Å²) in [5.41, 5.74) is -0.114. The summed E-state index contributed by atoms with van der Waals surface area (Å²) in [6.45, 7) is 7.19. The van der Waals surface area contributed by atoms with Gasteiger partial charge in [-0.1, -0.05) is 37.6 Å². The maximum atomic E-state index is 12.4. The van der Waals surface area contributed by atoms with E-state index < -0.39 is 11.4 Å². The lowest BCUT2D eigenvalue weighted by molar-refractivity contribution is -0.146. The molecule has 0 saturated heterocycles. The molecule has 116 valence electrons. The van der Waals surface area contributed by atoms with Crippen molar-refractivity contribution in [1.29, 1.82) is 0 Å². The minimum Gasteiger partial charge on any atom is -0.481 e. The van der Waals surface area contributed by atoms with Crippen LogP contribution in [0.2, 0.25) is 5.02 Å². The van der Waals surface area contributed by atoms with E-state index in [9.17, 15) is 9.59 Å². The van der Waals surface area contributed by atoms with Crippen molar-refractivity contribution < 1.29 is 14.7 Å². The van der Waals surface area contributed by atoms with Crippen LogP contribution in [0.15, 0.2) is 24.3 Å². The van der Waals surface area contributed by atoms with E-state index >= 15 is 0 Å². The zero-order valence-electron chi connectivity index (χ0n) is 12.8. The Hall–Kier alpha value is -1.55. The second kappa shape index (κ2) is 6.94. The average molecular weight is 312 g/mol. The van der Waals surface area contributed by atoms with Gasteiger partial charge in [-0.25, -0.2) is 0 Å². The molecule has 0 aliphatic carbocycles. The first-order chi connectivity index (χ1) is 9.65. The summed E-state index contributed by atoms with van der Waals surface area (Å²) in [6, 6.07) is 7.16. The number of carbonyl (C=O) groups excluding carboxylic acids is 1. The molecule has 1 atom stereocenters. The molecule has 0 aromatic heterocycles. The van der Waals surface area contributed by atoms with Crippen LogP contribution in [0.5, 0.6) is 0 Å². The van der Waals surface area contributed by atoms with Gasteiger partial charge >= 0.3 is 5.97 Å². The summed E-state index contributed by atoms with van der Waals surface area (Å²) >= 11 is 5.87. The van der Waals surface area contributed by atoms with Crippen molar-refractivity contribution in [2.45, 2.75) is 33.6 Å². The normalized spacial score (nSPS) is 13.0. The highest BCUT2D eigenvalue weighted by molar-refractivity contribution is 6.30. The number of amides is 1. The summed E-state index contributed by atoms with van der Waals surface area (Å²) in [5, 5.41) is 12.4. The first-order valence-electron chi connectivity index (χ1n) is 6.91. The second-order valence-corrected chi connectivity index (χ2v) is 6.62. The first kappa shape index (κ1) is 17.5. The largest absolute Gasteiger partial charge is 0.481 e. The van der Waals surface area contributed by atoms with Gasteiger partial charge in [0, 0.05) is 11.6 Å². The van der Waals surface area contributed by atoms with E-state index in [1.54, 1.807) is 26.0 Å². The zero-order valence-corrected chi connectivity index (χ0v) is 13.6. The van der Waals surface area contributed by atoms with Gasteiger partial charge < -0.3 is 10.4 Å². The molecule has 0 spiro atoms. The van der Waals surface area contributed by atoms with Gasteiger partial charge in [0.25, 0.3) is 0 Å². The van der Waals surface area contributed by atoms with Crippen molar-refractivity contribution in [2.24, 2.45) is 11.3 Å². The van der Waals surface area contributed by atoms with Gasteiger partial charge in [0.1, 0.15) is 0 Å². The lowest BCUT2D eigenvalue weighted by atomic mass is 9.87. The third-order valence-corrected chi connectivity index (χ3v) is 3.71. The molecular formula is C16H22ClNO3. The summed E-state index contributed by atoms with van der Waals surface area (Å²) in [6.07, 6.45) is 0. The van der Waals surface area contributed by atoms with E-state index in [4.69, 9.17) is 16.7 Å². The van der Waals surface area contributed by atoms with Crippen LogP contribution in [0.3, 0.4) is 0 Å². The van der Waals surface area contributed by atoms with Crippen LogP contribution in [0.4, 0.5) is 0 Å². The van der Waals surface area contributed by atoms with Crippen molar-refractivity contribution in [3.05, 3.63) is 34.9 Å². The molecule has 1 unspecified atom stereocenters. The number of halogens is 1. The lowest BCUT2D eigenvalue weighted by Crippen LogP contribution is -2.41. The van der Waals surface area contributed by atoms with Gasteiger partial charge in [-0.15, -0.1) is 0 Å². The Kier molecular flexibility index (Phi) is 5.78. The number of carboxylic acid groups (broad SMARTS) is 1. The van der Waals surface area contributed by atoms with Crippen LogP contribution in [0.1, 0.15) is 39.2 Å². The van der Waals surface area contributed by atoms with Gasteiger partial charge in [-0.3, -0.25) is 9.59 Å². The lowest BCUT2D eigenvalue weighted by Gasteiger charge is -2.24. The molecule has 5 heteroatoms. The van der Waals surface area contributed by atoms with Crippen molar-refractivity contribution in [1.82, 2.24) is 5.32 Å². The van der Waals surface area contributed by atoms with E-state index in [2.05, 4.69) is 5.32 Å². The zero-order chi connectivity index (χ0) is 16.2. The number of nitrogens with one attached hydrogen (secondary N) is 1. The summed E-state index contributed by atoms with van der Waals surface area (Å²) in [4.78, 5) is 23.5. The maximum Gasteiger partial charge on any atom is 0.310 e. The molecule has 1 amide bonds. The summed E-state index contributed by atoms with van der Waals surface area (Å²) in [5.74, 6) is -1.33. The van der Waals surface area contributed by atoms with Crippen LogP contribution < -0.4 is 5.32 Å². The molecule has 0 heterocycles. The van der Waals surface area contributed by atoms with Gasteiger partial charge in [0.05, 0.1) is 11.3 Å². The Morgan fingerprint density at radius 2 is 1.76 bits per heavy atom. The minimum absolute atomic E-state index is 0.0952. The van der Waals surface area contributed by atoms with E-state index in [0.717, 1.165) is 5.56 Å². The molecule has 1 rings (SSSR count). The Morgan fingerprint density at radius 3 is 2.19 bits per heavy atom. The van der Waals surface area contributed by atoms with Crippen LogP contribution in [-0.4, -0.2) is 23.5 Å². The Labute approximate surface area is 130 Å². The smallest absolute Gasteiger partial charge is 0.310 e. The molecule has 0 fully saturated rings. The number of carboxylic acids is 1. The Morgan fingerprint density at radius 1 is 1.24 bits per heavy atom. The quantitative estimate of drug-likeness (QED) is 0.847. The number of carbonyl (C=O) groups is 2.